The van der Waals surface area contributed by atoms with Crippen LogP contribution in [0.2, 0.25) is 0 Å². The molecule has 1 rings (SSSR count). The van der Waals surface area contributed by atoms with Gasteiger partial charge in [-0.05, 0) is 12.8 Å². The van der Waals surface area contributed by atoms with Crippen molar-refractivity contribution in [3.63, 3.8) is 0 Å². The number of methoxy groups -OCH3 is 1. The molecular formula is C8H13NO4. The fourth-order valence-corrected chi connectivity index (χ4v) is 1.25. The van der Waals surface area contributed by atoms with Gasteiger partial charge in [0.2, 0.25) is 0 Å². The number of hydrogen-bond acceptors (Lipinski definition) is 5. The van der Waals surface area contributed by atoms with E-state index in [0.717, 1.165) is 19.1 Å². The van der Waals surface area contributed by atoms with Crippen LogP contribution >= 0.6 is 0 Å². The van der Waals surface area contributed by atoms with Crippen molar-refractivity contribution in [1.82, 2.24) is 5.06 Å². The molecule has 0 atom stereocenters. The zero-order valence-corrected chi connectivity index (χ0v) is 7.56. The predicted molar refractivity (Wildman–Crippen MR) is 43.9 cm³/mol. The summed E-state index contributed by atoms with van der Waals surface area (Å²) in [7, 11) is 1.26. The lowest BCUT2D eigenvalue weighted by molar-refractivity contribution is -0.142. The molecule has 5 heteroatoms. The van der Waals surface area contributed by atoms with Gasteiger partial charge in [-0.3, -0.25) is 0 Å². The quantitative estimate of drug-likeness (QED) is 0.468. The van der Waals surface area contributed by atoms with Gasteiger partial charge in [0, 0.05) is 19.0 Å². The Morgan fingerprint density at radius 3 is 2.54 bits per heavy atom. The van der Waals surface area contributed by atoms with Crippen molar-refractivity contribution >= 4 is 12.4 Å². The minimum absolute atomic E-state index is 0.109. The molecule has 0 spiro atoms. The first kappa shape index (κ1) is 9.98. The Morgan fingerprint density at radius 1 is 1.46 bits per heavy atom. The Labute approximate surface area is 76.6 Å². The summed E-state index contributed by atoms with van der Waals surface area (Å²) in [5.74, 6) is 0.109. The second-order valence-corrected chi connectivity index (χ2v) is 2.95. The summed E-state index contributed by atoms with van der Waals surface area (Å²) in [5.41, 5.74) is 0. The molecule has 1 aliphatic rings. The Balaban J connectivity index is 2.24. The highest BCUT2D eigenvalue weighted by Crippen LogP contribution is 2.14. The molecule has 1 fully saturated rings. The van der Waals surface area contributed by atoms with Gasteiger partial charge in [-0.1, -0.05) is 0 Å². The second-order valence-electron chi connectivity index (χ2n) is 2.95. The van der Waals surface area contributed by atoms with Crippen LogP contribution in [0.25, 0.3) is 0 Å². The van der Waals surface area contributed by atoms with Gasteiger partial charge >= 0.3 is 6.16 Å². The van der Waals surface area contributed by atoms with E-state index >= 15 is 0 Å². The molecule has 0 aromatic heterocycles. The lowest BCUT2D eigenvalue weighted by Gasteiger charge is -2.26. The van der Waals surface area contributed by atoms with Crippen LogP contribution in [-0.2, 0) is 14.4 Å². The summed E-state index contributed by atoms with van der Waals surface area (Å²) in [6, 6.07) is 0. The average molecular weight is 187 g/mol. The molecule has 0 aromatic carbocycles. The van der Waals surface area contributed by atoms with Crippen molar-refractivity contribution in [3.8, 4) is 0 Å². The smallest absolute Gasteiger partial charge is 0.436 e. The van der Waals surface area contributed by atoms with E-state index < -0.39 is 6.16 Å². The lowest BCUT2D eigenvalue weighted by atomic mass is 10.0. The van der Waals surface area contributed by atoms with Crippen LogP contribution in [0.15, 0.2) is 0 Å². The average Bonchev–Trinajstić information content (AvgIpc) is 2.19. The first-order valence-electron chi connectivity index (χ1n) is 4.22. The summed E-state index contributed by atoms with van der Waals surface area (Å²) in [5, 5.41) is 1.52. The lowest BCUT2D eigenvalue weighted by Crippen LogP contribution is -2.35. The zero-order chi connectivity index (χ0) is 9.68. The SMILES string of the molecule is COC(=O)ON1CCC(C=O)CC1. The highest BCUT2D eigenvalue weighted by atomic mass is 16.8. The van der Waals surface area contributed by atoms with E-state index in [2.05, 4.69) is 4.74 Å². The number of carbonyl (C=O) groups is 2. The number of nitrogens with zero attached hydrogens (tertiary/aromatic N) is 1. The third kappa shape index (κ3) is 3.02. The van der Waals surface area contributed by atoms with Crippen molar-refractivity contribution in [3.05, 3.63) is 0 Å². The summed E-state index contributed by atoms with van der Waals surface area (Å²) < 4.78 is 4.33. The molecule has 0 amide bonds. The van der Waals surface area contributed by atoms with Crippen molar-refractivity contribution in [2.24, 2.45) is 5.92 Å². The number of rotatable bonds is 2. The molecule has 0 aliphatic carbocycles. The number of ether oxygens (including phenoxy) is 1. The van der Waals surface area contributed by atoms with Crippen LogP contribution in [0, 0.1) is 5.92 Å². The molecule has 13 heavy (non-hydrogen) atoms. The van der Waals surface area contributed by atoms with Crippen molar-refractivity contribution in [2.75, 3.05) is 20.2 Å². The molecule has 0 bridgehead atoms. The minimum atomic E-state index is -0.704. The maximum atomic E-state index is 10.7. The fraction of sp³-hybridized carbons (Fsp3) is 0.750. The van der Waals surface area contributed by atoms with Crippen molar-refractivity contribution in [1.29, 1.82) is 0 Å². The van der Waals surface area contributed by atoms with Gasteiger partial charge in [-0.15, -0.1) is 5.06 Å². The summed E-state index contributed by atoms with van der Waals surface area (Å²) >= 11 is 0. The van der Waals surface area contributed by atoms with Crippen molar-refractivity contribution in [2.45, 2.75) is 12.8 Å². The van der Waals surface area contributed by atoms with E-state index in [-0.39, 0.29) is 5.92 Å². The molecule has 0 saturated carbocycles. The maximum absolute atomic E-state index is 10.7. The molecule has 0 N–H and O–H groups in total. The molecule has 1 saturated heterocycles. The van der Waals surface area contributed by atoms with Gasteiger partial charge in [0.15, 0.2) is 0 Å². The normalized spacial score (nSPS) is 19.5. The fourth-order valence-electron chi connectivity index (χ4n) is 1.25. The standard InChI is InChI=1S/C8H13NO4/c1-12-8(11)13-9-4-2-7(6-10)3-5-9/h6-7H,2-5H2,1H3. The van der Waals surface area contributed by atoms with Gasteiger partial charge in [-0.25, -0.2) is 4.79 Å². The Hall–Kier alpha value is -1.10. The number of carbonyl (C=O) groups excluding carboxylic acids is 2. The van der Waals surface area contributed by atoms with Gasteiger partial charge in [0.1, 0.15) is 6.29 Å². The zero-order valence-electron chi connectivity index (χ0n) is 7.56. The molecule has 1 aliphatic heterocycles. The molecule has 5 nitrogen and oxygen atoms in total. The molecule has 0 aromatic rings. The van der Waals surface area contributed by atoms with Crippen LogP contribution in [0.3, 0.4) is 0 Å². The largest absolute Gasteiger partial charge is 0.527 e. The number of piperidine rings is 1. The summed E-state index contributed by atoms with van der Waals surface area (Å²) in [4.78, 5) is 25.9. The summed E-state index contributed by atoms with van der Waals surface area (Å²) in [6.45, 7) is 1.19. The predicted octanol–water partition coefficient (Wildman–Crippen LogP) is 0.595. The molecular weight excluding hydrogens is 174 g/mol. The van der Waals surface area contributed by atoms with E-state index in [1.54, 1.807) is 0 Å². The van der Waals surface area contributed by atoms with Crippen molar-refractivity contribution < 1.29 is 19.2 Å². The van der Waals surface area contributed by atoms with E-state index in [0.29, 0.717) is 13.1 Å². The van der Waals surface area contributed by atoms with Gasteiger partial charge in [0.05, 0.1) is 7.11 Å². The monoisotopic (exact) mass is 187 g/mol. The molecule has 1 heterocycles. The van der Waals surface area contributed by atoms with Crippen LogP contribution < -0.4 is 0 Å². The minimum Gasteiger partial charge on any atom is -0.436 e. The van der Waals surface area contributed by atoms with Crippen LogP contribution in [0.4, 0.5) is 4.79 Å². The van der Waals surface area contributed by atoms with E-state index in [4.69, 9.17) is 4.84 Å². The Kier molecular flexibility index (Phi) is 3.70. The molecule has 0 unspecified atom stereocenters. The van der Waals surface area contributed by atoms with Crippen LogP contribution in [0.1, 0.15) is 12.8 Å². The highest BCUT2D eigenvalue weighted by Gasteiger charge is 2.21. The van der Waals surface area contributed by atoms with Gasteiger partial charge in [0.25, 0.3) is 0 Å². The third-order valence-electron chi connectivity index (χ3n) is 2.06. The summed E-state index contributed by atoms with van der Waals surface area (Å²) in [6.07, 6.45) is 1.72. The molecule has 74 valence electrons. The number of aldehydes is 1. The van der Waals surface area contributed by atoms with E-state index in [1.165, 1.54) is 12.2 Å². The van der Waals surface area contributed by atoms with Crippen LogP contribution in [-0.4, -0.2) is 37.7 Å². The Bertz CT molecular complexity index is 187. The van der Waals surface area contributed by atoms with E-state index in [1.807, 2.05) is 0 Å². The first-order chi connectivity index (χ1) is 6.26. The van der Waals surface area contributed by atoms with E-state index in [9.17, 15) is 9.59 Å². The topological polar surface area (TPSA) is 55.8 Å². The first-order valence-corrected chi connectivity index (χ1v) is 4.22. The van der Waals surface area contributed by atoms with Gasteiger partial charge in [-0.2, -0.15) is 0 Å². The van der Waals surface area contributed by atoms with Gasteiger partial charge < -0.3 is 14.4 Å². The third-order valence-corrected chi connectivity index (χ3v) is 2.06. The molecule has 0 radical (unpaired) electrons. The highest BCUT2D eigenvalue weighted by molar-refractivity contribution is 5.59. The number of hydroxylamine groups is 2. The number of hydrogen-bond donors (Lipinski definition) is 0. The second kappa shape index (κ2) is 4.81. The van der Waals surface area contributed by atoms with Crippen LogP contribution in [0.5, 0.6) is 0 Å². The Morgan fingerprint density at radius 2 is 2.08 bits per heavy atom. The maximum Gasteiger partial charge on any atom is 0.527 e.